The number of unbranched alkanes of at least 4 members (excludes halogenated alkanes) is 1. The molecule has 0 aliphatic carbocycles. The molecule has 3 nitrogen and oxygen atoms in total. The van der Waals surface area contributed by atoms with E-state index in [1.807, 2.05) is 17.8 Å². The summed E-state index contributed by atoms with van der Waals surface area (Å²) in [5, 5.41) is 0. The summed E-state index contributed by atoms with van der Waals surface area (Å²) in [6, 6.07) is 10.4. The third-order valence-electron chi connectivity index (χ3n) is 4.12. The second-order valence-electron chi connectivity index (χ2n) is 5.64. The van der Waals surface area contributed by atoms with E-state index in [0.29, 0.717) is 5.92 Å². The molecule has 1 saturated heterocycles. The van der Waals surface area contributed by atoms with Crippen molar-refractivity contribution in [3.8, 4) is 11.4 Å². The van der Waals surface area contributed by atoms with E-state index in [1.165, 1.54) is 18.6 Å². The Morgan fingerprint density at radius 1 is 1.33 bits per heavy atom. The van der Waals surface area contributed by atoms with Crippen LogP contribution in [0.25, 0.3) is 11.4 Å². The van der Waals surface area contributed by atoms with Gasteiger partial charge in [-0.15, -0.1) is 0 Å². The number of hydrogen-bond donors (Lipinski definition) is 1. The minimum Gasteiger partial charge on any atom is -0.384 e. The first kappa shape index (κ1) is 14.5. The van der Waals surface area contributed by atoms with Gasteiger partial charge in [-0.2, -0.15) is 11.8 Å². The maximum atomic E-state index is 6.45. The van der Waals surface area contributed by atoms with Gasteiger partial charge in [-0.05, 0) is 18.6 Å². The first-order valence-electron chi connectivity index (χ1n) is 7.80. The second kappa shape index (κ2) is 6.56. The van der Waals surface area contributed by atoms with Crippen molar-refractivity contribution in [1.82, 2.24) is 9.55 Å². The molecular formula is C17H23N3S. The number of thioether (sulfide) groups is 1. The molecule has 0 radical (unpaired) electrons. The van der Waals surface area contributed by atoms with Crippen LogP contribution in [0.2, 0.25) is 0 Å². The highest BCUT2D eigenvalue weighted by Gasteiger charge is 2.25. The molecule has 0 amide bonds. The van der Waals surface area contributed by atoms with Crippen LogP contribution in [-0.2, 0) is 6.54 Å². The van der Waals surface area contributed by atoms with Gasteiger partial charge in [-0.25, -0.2) is 4.98 Å². The van der Waals surface area contributed by atoms with Gasteiger partial charge in [0.15, 0.2) is 0 Å². The molecule has 2 aromatic rings. The Morgan fingerprint density at radius 2 is 2.14 bits per heavy atom. The topological polar surface area (TPSA) is 43.8 Å². The summed E-state index contributed by atoms with van der Waals surface area (Å²) >= 11 is 2.01. The third kappa shape index (κ3) is 2.95. The van der Waals surface area contributed by atoms with Crippen LogP contribution < -0.4 is 5.73 Å². The molecule has 1 unspecified atom stereocenters. The van der Waals surface area contributed by atoms with E-state index in [9.17, 15) is 0 Å². The van der Waals surface area contributed by atoms with E-state index < -0.39 is 0 Å². The predicted octanol–water partition coefficient (Wildman–Crippen LogP) is 4.15. The Morgan fingerprint density at radius 3 is 2.81 bits per heavy atom. The predicted molar refractivity (Wildman–Crippen MR) is 91.7 cm³/mol. The Bertz CT molecular complexity index is 586. The van der Waals surface area contributed by atoms with Crippen LogP contribution in [0.15, 0.2) is 30.3 Å². The summed E-state index contributed by atoms with van der Waals surface area (Å²) in [5.41, 5.74) is 8.74. The molecule has 0 spiro atoms. The number of rotatable bonds is 5. The second-order valence-corrected chi connectivity index (χ2v) is 6.79. The van der Waals surface area contributed by atoms with Crippen LogP contribution in [0.1, 0.15) is 37.8 Å². The SMILES string of the molecule is CCCCn1c(-c2ccccc2)nc(C2CCSC2)c1N. The fraction of sp³-hybridized carbons (Fsp3) is 0.471. The Hall–Kier alpha value is -1.42. The van der Waals surface area contributed by atoms with E-state index in [2.05, 4.69) is 35.8 Å². The molecule has 2 heterocycles. The molecule has 1 atom stereocenters. The summed E-state index contributed by atoms with van der Waals surface area (Å²) in [6.45, 7) is 3.17. The Kier molecular flexibility index (Phi) is 4.54. The van der Waals surface area contributed by atoms with Crippen LogP contribution in [0.5, 0.6) is 0 Å². The number of nitrogens with two attached hydrogens (primary N) is 1. The van der Waals surface area contributed by atoms with Gasteiger partial charge in [-0.1, -0.05) is 43.7 Å². The number of aromatic nitrogens is 2. The van der Waals surface area contributed by atoms with Gasteiger partial charge in [0, 0.05) is 23.8 Å². The zero-order valence-corrected chi connectivity index (χ0v) is 13.4. The zero-order valence-electron chi connectivity index (χ0n) is 12.6. The van der Waals surface area contributed by atoms with Gasteiger partial charge in [0.25, 0.3) is 0 Å². The molecule has 3 rings (SSSR count). The monoisotopic (exact) mass is 301 g/mol. The van der Waals surface area contributed by atoms with E-state index in [0.717, 1.165) is 41.6 Å². The molecule has 0 saturated carbocycles. The van der Waals surface area contributed by atoms with Crippen molar-refractivity contribution in [3.63, 3.8) is 0 Å². The molecule has 0 bridgehead atoms. The van der Waals surface area contributed by atoms with E-state index >= 15 is 0 Å². The molecule has 1 aliphatic rings. The van der Waals surface area contributed by atoms with Gasteiger partial charge in [-0.3, -0.25) is 0 Å². The molecule has 1 aromatic carbocycles. The van der Waals surface area contributed by atoms with Crippen LogP contribution in [0.3, 0.4) is 0 Å². The fourth-order valence-corrected chi connectivity index (χ4v) is 4.11. The van der Waals surface area contributed by atoms with Crippen molar-refractivity contribution in [2.45, 2.75) is 38.6 Å². The highest BCUT2D eigenvalue weighted by molar-refractivity contribution is 7.99. The molecule has 2 N–H and O–H groups in total. The molecule has 1 fully saturated rings. The van der Waals surface area contributed by atoms with Crippen molar-refractivity contribution in [2.75, 3.05) is 17.2 Å². The number of imidazole rings is 1. The largest absolute Gasteiger partial charge is 0.384 e. The normalized spacial score (nSPS) is 18.2. The van der Waals surface area contributed by atoms with Crippen LogP contribution in [0, 0.1) is 0 Å². The zero-order chi connectivity index (χ0) is 14.7. The first-order valence-corrected chi connectivity index (χ1v) is 8.95. The summed E-state index contributed by atoms with van der Waals surface area (Å²) in [5.74, 6) is 4.83. The third-order valence-corrected chi connectivity index (χ3v) is 5.28. The number of hydrogen-bond acceptors (Lipinski definition) is 3. The van der Waals surface area contributed by atoms with Crippen LogP contribution in [0.4, 0.5) is 5.82 Å². The van der Waals surface area contributed by atoms with Gasteiger partial charge in [0.1, 0.15) is 11.6 Å². The summed E-state index contributed by atoms with van der Waals surface area (Å²) < 4.78 is 2.22. The molecule has 112 valence electrons. The van der Waals surface area contributed by atoms with Gasteiger partial charge < -0.3 is 10.3 Å². The lowest BCUT2D eigenvalue weighted by Gasteiger charge is -2.10. The molecule has 21 heavy (non-hydrogen) atoms. The molecular weight excluding hydrogens is 278 g/mol. The van der Waals surface area contributed by atoms with E-state index in [-0.39, 0.29) is 0 Å². The van der Waals surface area contributed by atoms with E-state index in [1.54, 1.807) is 0 Å². The average molecular weight is 301 g/mol. The number of benzene rings is 1. The molecule has 4 heteroatoms. The Balaban J connectivity index is 2.02. The number of nitrogens with zero attached hydrogens (tertiary/aromatic N) is 2. The average Bonchev–Trinajstić information content (AvgIpc) is 3.14. The summed E-state index contributed by atoms with van der Waals surface area (Å²) in [6.07, 6.45) is 3.51. The maximum Gasteiger partial charge on any atom is 0.141 e. The molecule has 1 aliphatic heterocycles. The molecule has 1 aromatic heterocycles. The lowest BCUT2D eigenvalue weighted by atomic mass is 10.1. The van der Waals surface area contributed by atoms with Gasteiger partial charge >= 0.3 is 0 Å². The standard InChI is InChI=1S/C17H23N3S/c1-2-3-10-20-16(18)15(14-9-11-21-12-14)19-17(20)13-7-5-4-6-8-13/h4-8,14H,2-3,9-12,18H2,1H3. The maximum absolute atomic E-state index is 6.45. The van der Waals surface area contributed by atoms with Crippen molar-refractivity contribution >= 4 is 17.6 Å². The number of anilines is 1. The first-order chi connectivity index (χ1) is 10.3. The fourth-order valence-electron chi connectivity index (χ4n) is 2.88. The lowest BCUT2D eigenvalue weighted by molar-refractivity contribution is 0.641. The number of nitrogen functional groups attached to an aromatic ring is 1. The van der Waals surface area contributed by atoms with Crippen molar-refractivity contribution in [2.24, 2.45) is 0 Å². The smallest absolute Gasteiger partial charge is 0.141 e. The van der Waals surface area contributed by atoms with Crippen LogP contribution in [-0.4, -0.2) is 21.1 Å². The lowest BCUT2D eigenvalue weighted by Crippen LogP contribution is -2.07. The highest BCUT2D eigenvalue weighted by atomic mass is 32.2. The summed E-state index contributed by atoms with van der Waals surface area (Å²) in [7, 11) is 0. The van der Waals surface area contributed by atoms with Gasteiger partial charge in [0.05, 0.1) is 5.69 Å². The Labute approximate surface area is 131 Å². The minimum atomic E-state index is 0.528. The van der Waals surface area contributed by atoms with Gasteiger partial charge in [0.2, 0.25) is 0 Å². The summed E-state index contributed by atoms with van der Waals surface area (Å²) in [4.78, 5) is 4.94. The van der Waals surface area contributed by atoms with Crippen molar-refractivity contribution in [3.05, 3.63) is 36.0 Å². The highest BCUT2D eigenvalue weighted by Crippen LogP contribution is 2.37. The minimum absolute atomic E-state index is 0.528. The van der Waals surface area contributed by atoms with Crippen molar-refractivity contribution in [1.29, 1.82) is 0 Å². The van der Waals surface area contributed by atoms with E-state index in [4.69, 9.17) is 10.7 Å². The van der Waals surface area contributed by atoms with Crippen LogP contribution >= 0.6 is 11.8 Å². The quantitative estimate of drug-likeness (QED) is 0.902. The van der Waals surface area contributed by atoms with Crippen molar-refractivity contribution < 1.29 is 0 Å².